The van der Waals surface area contributed by atoms with Crippen molar-refractivity contribution in [2.24, 2.45) is 0 Å². The number of hydrogen-bond donors (Lipinski definition) is 0. The predicted octanol–water partition coefficient (Wildman–Crippen LogP) is 4.49. The Balaban J connectivity index is 3.13. The van der Waals surface area contributed by atoms with Gasteiger partial charge in [0, 0.05) is 5.33 Å². The van der Waals surface area contributed by atoms with E-state index in [1.54, 1.807) is 53.7 Å². The molecule has 5 heteroatoms. The molecule has 0 amide bonds. The summed E-state index contributed by atoms with van der Waals surface area (Å²) in [6.45, 7) is 10.8. The Labute approximate surface area is 140 Å². The first kappa shape index (κ1) is 18.7. The van der Waals surface area contributed by atoms with E-state index < -0.39 is 23.1 Å². The number of hydrogen-bond acceptors (Lipinski definition) is 4. The molecule has 0 unspecified atom stereocenters. The molecule has 0 saturated heterocycles. The molecule has 0 aliphatic rings. The van der Waals surface area contributed by atoms with E-state index in [4.69, 9.17) is 9.47 Å². The number of carbonyl (C=O) groups excluding carboxylic acids is 2. The molecule has 1 aromatic carbocycles. The zero-order chi connectivity index (χ0) is 17.1. The molecule has 22 heavy (non-hydrogen) atoms. The van der Waals surface area contributed by atoms with Crippen molar-refractivity contribution in [1.29, 1.82) is 0 Å². The van der Waals surface area contributed by atoms with Gasteiger partial charge in [-0.1, -0.05) is 15.9 Å². The van der Waals surface area contributed by atoms with Gasteiger partial charge in [0.25, 0.3) is 0 Å². The maximum Gasteiger partial charge on any atom is 0.338 e. The molecule has 1 aromatic rings. The van der Waals surface area contributed by atoms with Gasteiger partial charge in [0.05, 0.1) is 11.1 Å². The van der Waals surface area contributed by atoms with Crippen LogP contribution in [0.1, 0.15) is 67.8 Å². The maximum atomic E-state index is 12.2. The van der Waals surface area contributed by atoms with Crippen molar-refractivity contribution in [3.8, 4) is 0 Å². The number of benzene rings is 1. The van der Waals surface area contributed by atoms with E-state index in [0.29, 0.717) is 16.5 Å². The molecule has 0 N–H and O–H groups in total. The predicted molar refractivity (Wildman–Crippen MR) is 89.4 cm³/mol. The minimum atomic E-state index is -0.590. The molecule has 0 radical (unpaired) electrons. The van der Waals surface area contributed by atoms with Crippen LogP contribution in [-0.4, -0.2) is 23.1 Å². The van der Waals surface area contributed by atoms with Gasteiger partial charge < -0.3 is 9.47 Å². The van der Waals surface area contributed by atoms with Crippen molar-refractivity contribution >= 4 is 27.9 Å². The van der Waals surface area contributed by atoms with Crippen LogP contribution in [0.5, 0.6) is 0 Å². The van der Waals surface area contributed by atoms with Crippen molar-refractivity contribution in [3.05, 3.63) is 34.9 Å². The second-order valence-electron chi connectivity index (χ2n) is 7.06. The normalized spacial score (nSPS) is 12.0. The smallest absolute Gasteiger partial charge is 0.338 e. The highest BCUT2D eigenvalue weighted by atomic mass is 79.9. The summed E-state index contributed by atoms with van der Waals surface area (Å²) in [5.41, 5.74) is 0.311. The zero-order valence-electron chi connectivity index (χ0n) is 14.0. The van der Waals surface area contributed by atoms with E-state index >= 15 is 0 Å². The number of esters is 2. The van der Waals surface area contributed by atoms with Crippen LogP contribution in [0.2, 0.25) is 0 Å². The van der Waals surface area contributed by atoms with E-state index in [0.717, 1.165) is 5.56 Å². The molecular weight excluding hydrogens is 348 g/mol. The Morgan fingerprint density at radius 3 is 1.50 bits per heavy atom. The van der Waals surface area contributed by atoms with Crippen LogP contribution < -0.4 is 0 Å². The topological polar surface area (TPSA) is 52.6 Å². The first-order valence-corrected chi connectivity index (χ1v) is 8.20. The van der Waals surface area contributed by atoms with Gasteiger partial charge in [-0.15, -0.1) is 0 Å². The Morgan fingerprint density at radius 2 is 1.23 bits per heavy atom. The molecule has 4 nitrogen and oxygen atoms in total. The molecule has 0 fully saturated rings. The Hall–Kier alpha value is -1.36. The molecule has 1 rings (SSSR count). The van der Waals surface area contributed by atoms with E-state index in [2.05, 4.69) is 15.9 Å². The first-order chi connectivity index (χ1) is 9.91. The van der Waals surface area contributed by atoms with Gasteiger partial charge in [0.15, 0.2) is 0 Å². The molecule has 0 atom stereocenters. The number of carbonyl (C=O) groups is 2. The minimum Gasteiger partial charge on any atom is -0.456 e. The fraction of sp³-hybridized carbons (Fsp3) is 0.529. The van der Waals surface area contributed by atoms with Crippen molar-refractivity contribution < 1.29 is 19.1 Å². The van der Waals surface area contributed by atoms with Gasteiger partial charge in [0.1, 0.15) is 11.2 Å². The molecular formula is C17H23BrO4. The summed E-state index contributed by atoms with van der Waals surface area (Å²) in [5.74, 6) is -0.916. The summed E-state index contributed by atoms with van der Waals surface area (Å²) in [6.07, 6.45) is 0. The number of ether oxygens (including phenoxy) is 2. The number of halogens is 1. The molecule has 122 valence electrons. The van der Waals surface area contributed by atoms with Gasteiger partial charge >= 0.3 is 11.9 Å². The van der Waals surface area contributed by atoms with Crippen LogP contribution in [0, 0.1) is 0 Å². The molecule has 0 spiro atoms. The van der Waals surface area contributed by atoms with Gasteiger partial charge in [-0.2, -0.15) is 0 Å². The van der Waals surface area contributed by atoms with Crippen molar-refractivity contribution in [1.82, 2.24) is 0 Å². The second kappa shape index (κ2) is 6.82. The fourth-order valence-electron chi connectivity index (χ4n) is 1.68. The zero-order valence-corrected chi connectivity index (χ0v) is 15.5. The molecule has 0 heterocycles. The average molecular weight is 371 g/mol. The third kappa shape index (κ3) is 6.18. The summed E-state index contributed by atoms with van der Waals surface area (Å²) in [7, 11) is 0. The Morgan fingerprint density at radius 1 is 0.864 bits per heavy atom. The average Bonchev–Trinajstić information content (AvgIpc) is 2.34. The van der Waals surface area contributed by atoms with Gasteiger partial charge in [0.2, 0.25) is 0 Å². The van der Waals surface area contributed by atoms with Crippen LogP contribution in [0.15, 0.2) is 18.2 Å². The van der Waals surface area contributed by atoms with E-state index in [-0.39, 0.29) is 0 Å². The highest BCUT2D eigenvalue weighted by Gasteiger charge is 2.22. The molecule has 0 aliphatic carbocycles. The second-order valence-corrected chi connectivity index (χ2v) is 7.62. The summed E-state index contributed by atoms with van der Waals surface area (Å²) < 4.78 is 10.7. The fourth-order valence-corrected chi connectivity index (χ4v) is 2.00. The highest BCUT2D eigenvalue weighted by molar-refractivity contribution is 9.08. The van der Waals surface area contributed by atoms with Crippen LogP contribution in [0.3, 0.4) is 0 Å². The van der Waals surface area contributed by atoms with E-state index in [9.17, 15) is 9.59 Å². The lowest BCUT2D eigenvalue weighted by atomic mass is 10.1. The molecule has 0 aromatic heterocycles. The molecule has 0 saturated carbocycles. The molecule has 0 aliphatic heterocycles. The molecule has 0 bridgehead atoms. The number of alkyl halides is 1. The van der Waals surface area contributed by atoms with Crippen LogP contribution in [-0.2, 0) is 14.8 Å². The number of rotatable bonds is 3. The lowest BCUT2D eigenvalue weighted by molar-refractivity contribution is 0.00676. The lowest BCUT2D eigenvalue weighted by Crippen LogP contribution is -2.25. The minimum absolute atomic E-state index is 0.340. The van der Waals surface area contributed by atoms with E-state index in [1.165, 1.54) is 6.07 Å². The summed E-state index contributed by atoms with van der Waals surface area (Å²) in [6, 6.07) is 4.92. The first-order valence-electron chi connectivity index (χ1n) is 7.08. The SMILES string of the molecule is CC(C)(C)OC(=O)c1cc(CBr)cc(C(=O)OC(C)(C)C)c1. The van der Waals surface area contributed by atoms with E-state index in [1.807, 2.05) is 0 Å². The van der Waals surface area contributed by atoms with Crippen molar-refractivity contribution in [2.75, 3.05) is 0 Å². The van der Waals surface area contributed by atoms with Crippen LogP contribution in [0.25, 0.3) is 0 Å². The summed E-state index contributed by atoms with van der Waals surface area (Å²) >= 11 is 3.34. The lowest BCUT2D eigenvalue weighted by Gasteiger charge is -2.21. The van der Waals surface area contributed by atoms with Crippen LogP contribution >= 0.6 is 15.9 Å². The third-order valence-electron chi connectivity index (χ3n) is 2.42. The van der Waals surface area contributed by atoms with Gasteiger partial charge in [-0.25, -0.2) is 9.59 Å². The quantitative estimate of drug-likeness (QED) is 0.580. The maximum absolute atomic E-state index is 12.2. The van der Waals surface area contributed by atoms with Gasteiger partial charge in [-0.05, 0) is 65.3 Å². The van der Waals surface area contributed by atoms with Gasteiger partial charge in [-0.3, -0.25) is 0 Å². The standard InChI is InChI=1S/C17H23BrO4/c1-16(2,3)21-14(19)12-7-11(10-18)8-13(9-12)15(20)22-17(4,5)6/h7-9H,10H2,1-6H3. The summed E-state index contributed by atoms with van der Waals surface area (Å²) in [5, 5.41) is 0.527. The Bertz CT molecular complexity index is 519. The van der Waals surface area contributed by atoms with Crippen molar-refractivity contribution in [3.63, 3.8) is 0 Å². The highest BCUT2D eigenvalue weighted by Crippen LogP contribution is 2.19. The third-order valence-corrected chi connectivity index (χ3v) is 3.06. The van der Waals surface area contributed by atoms with Crippen LogP contribution in [0.4, 0.5) is 0 Å². The largest absolute Gasteiger partial charge is 0.456 e. The van der Waals surface area contributed by atoms with Crippen molar-refractivity contribution in [2.45, 2.75) is 58.1 Å². The summed E-state index contributed by atoms with van der Waals surface area (Å²) in [4.78, 5) is 24.4. The Kier molecular flexibility index (Phi) is 5.79. The monoisotopic (exact) mass is 370 g/mol.